The zero-order chi connectivity index (χ0) is 9.23. The van der Waals surface area contributed by atoms with Crippen LogP contribution in [0.15, 0.2) is 0 Å². The average Bonchev–Trinajstić information content (AvgIpc) is 1.82. The molecule has 0 saturated heterocycles. The second-order valence-corrected chi connectivity index (χ2v) is 4.65. The summed E-state index contributed by atoms with van der Waals surface area (Å²) in [5.41, 5.74) is 0. The van der Waals surface area contributed by atoms with Gasteiger partial charge in [0.15, 0.2) is 0 Å². The third-order valence-electron chi connectivity index (χ3n) is 1.94. The molecule has 0 aromatic rings. The predicted octanol–water partition coefficient (Wildman–Crippen LogP) is 0.166. The minimum Gasteiger partial charge on any atom is -0.216 e. The van der Waals surface area contributed by atoms with Crippen molar-refractivity contribution in [1.29, 1.82) is 0 Å². The summed E-state index contributed by atoms with van der Waals surface area (Å²) in [6.45, 7) is 5.73. The maximum absolute atomic E-state index is 10.8. The first-order valence-corrected chi connectivity index (χ1v) is 5.03. The molecule has 0 aliphatic heterocycles. The topological polar surface area (TPSA) is 63.4 Å². The average molecular weight is 180 g/mol. The van der Waals surface area contributed by atoms with Crippen molar-refractivity contribution in [2.24, 2.45) is 11.1 Å². The van der Waals surface area contributed by atoms with E-state index in [0.29, 0.717) is 0 Å². The second-order valence-electron chi connectivity index (χ2n) is 3.05. The van der Waals surface area contributed by atoms with Crippen molar-refractivity contribution < 1.29 is 8.42 Å². The van der Waals surface area contributed by atoms with Gasteiger partial charge >= 0.3 is 0 Å². The highest BCUT2D eigenvalue weighted by atomic mass is 32.2. The minimum atomic E-state index is -3.51. The van der Waals surface area contributed by atoms with Crippen molar-refractivity contribution >= 4 is 10.2 Å². The van der Waals surface area contributed by atoms with Crippen molar-refractivity contribution in [2.45, 2.75) is 26.8 Å². The molecule has 0 aliphatic carbocycles. The van der Waals surface area contributed by atoms with Gasteiger partial charge in [0.25, 0.3) is 10.2 Å². The number of hydrogen-bond acceptors (Lipinski definition) is 2. The highest BCUT2D eigenvalue weighted by molar-refractivity contribution is 7.86. The molecule has 0 aromatic heterocycles. The van der Waals surface area contributed by atoms with E-state index >= 15 is 0 Å². The van der Waals surface area contributed by atoms with E-state index in [1.807, 2.05) is 20.8 Å². The predicted molar refractivity (Wildman–Crippen MR) is 45.2 cm³/mol. The number of nitrogens with two attached hydrogens (primary N) is 1. The Morgan fingerprint density at radius 1 is 1.27 bits per heavy atom. The Hall–Kier alpha value is -0.130. The van der Waals surface area contributed by atoms with Gasteiger partial charge in [-0.2, -0.15) is 12.7 Å². The van der Waals surface area contributed by atoms with Crippen LogP contribution in [0.25, 0.3) is 0 Å². The molecule has 1 atom stereocenters. The molecule has 1 unspecified atom stereocenters. The maximum atomic E-state index is 10.8. The van der Waals surface area contributed by atoms with E-state index in [4.69, 9.17) is 5.14 Å². The van der Waals surface area contributed by atoms with Gasteiger partial charge in [-0.15, -0.1) is 0 Å². The number of rotatable bonds is 3. The van der Waals surface area contributed by atoms with E-state index in [0.717, 1.165) is 0 Å². The van der Waals surface area contributed by atoms with Crippen molar-refractivity contribution in [1.82, 2.24) is 4.31 Å². The summed E-state index contributed by atoms with van der Waals surface area (Å²) in [7, 11) is -2.03. The van der Waals surface area contributed by atoms with Crippen LogP contribution in [0, 0.1) is 5.92 Å². The van der Waals surface area contributed by atoms with Gasteiger partial charge in [0.2, 0.25) is 0 Å². The normalized spacial score (nSPS) is 15.9. The van der Waals surface area contributed by atoms with Gasteiger partial charge in [-0.25, -0.2) is 5.14 Å². The Labute approximate surface area is 68.6 Å². The lowest BCUT2D eigenvalue weighted by Gasteiger charge is -2.24. The molecule has 0 saturated carbocycles. The van der Waals surface area contributed by atoms with E-state index in [-0.39, 0.29) is 12.0 Å². The molecule has 11 heavy (non-hydrogen) atoms. The van der Waals surface area contributed by atoms with Crippen LogP contribution in [0.1, 0.15) is 20.8 Å². The van der Waals surface area contributed by atoms with Crippen LogP contribution in [0.2, 0.25) is 0 Å². The van der Waals surface area contributed by atoms with Gasteiger partial charge in [-0.05, 0) is 12.8 Å². The lowest BCUT2D eigenvalue weighted by atomic mass is 10.1. The van der Waals surface area contributed by atoms with Gasteiger partial charge in [0, 0.05) is 13.1 Å². The second kappa shape index (κ2) is 3.51. The van der Waals surface area contributed by atoms with Crippen LogP contribution < -0.4 is 5.14 Å². The summed E-state index contributed by atoms with van der Waals surface area (Å²) >= 11 is 0. The van der Waals surface area contributed by atoms with Crippen molar-refractivity contribution in [3.63, 3.8) is 0 Å². The molecule has 0 radical (unpaired) electrons. The summed E-state index contributed by atoms with van der Waals surface area (Å²) in [5, 5.41) is 4.92. The summed E-state index contributed by atoms with van der Waals surface area (Å²) in [6, 6.07) is -0.0509. The Balaban J connectivity index is 4.38. The fourth-order valence-corrected chi connectivity index (χ4v) is 1.36. The molecule has 5 heteroatoms. The highest BCUT2D eigenvalue weighted by Crippen LogP contribution is 2.09. The molecular weight excluding hydrogens is 164 g/mol. The van der Waals surface area contributed by atoms with Crippen LogP contribution in [-0.2, 0) is 10.2 Å². The van der Waals surface area contributed by atoms with Gasteiger partial charge in [0.1, 0.15) is 0 Å². The maximum Gasteiger partial charge on any atom is 0.276 e. The third kappa shape index (κ3) is 3.18. The first-order chi connectivity index (χ1) is 4.76. The Kier molecular flexibility index (Phi) is 3.47. The molecule has 0 aromatic carbocycles. The molecule has 0 amide bonds. The first kappa shape index (κ1) is 10.9. The molecule has 0 spiro atoms. The largest absolute Gasteiger partial charge is 0.276 e. The SMILES string of the molecule is CC(C)C(C)N(C)S(N)(=O)=O. The fraction of sp³-hybridized carbons (Fsp3) is 1.00. The van der Waals surface area contributed by atoms with E-state index in [1.165, 1.54) is 11.4 Å². The van der Waals surface area contributed by atoms with Gasteiger partial charge in [-0.3, -0.25) is 0 Å². The number of nitrogens with zero attached hydrogens (tertiary/aromatic N) is 1. The van der Waals surface area contributed by atoms with Crippen molar-refractivity contribution in [3.05, 3.63) is 0 Å². The van der Waals surface area contributed by atoms with Crippen LogP contribution in [0.3, 0.4) is 0 Å². The molecule has 0 rings (SSSR count). The smallest absolute Gasteiger partial charge is 0.216 e. The van der Waals surface area contributed by atoms with Crippen molar-refractivity contribution in [2.75, 3.05) is 7.05 Å². The zero-order valence-corrected chi connectivity index (χ0v) is 8.22. The summed E-state index contributed by atoms with van der Waals surface area (Å²) in [4.78, 5) is 0. The molecule has 0 bridgehead atoms. The monoisotopic (exact) mass is 180 g/mol. The van der Waals surface area contributed by atoms with E-state index < -0.39 is 10.2 Å². The summed E-state index contributed by atoms with van der Waals surface area (Å²) < 4.78 is 22.7. The van der Waals surface area contributed by atoms with E-state index in [1.54, 1.807) is 0 Å². The van der Waals surface area contributed by atoms with Crippen LogP contribution in [-0.4, -0.2) is 25.8 Å². The Morgan fingerprint density at radius 2 is 1.64 bits per heavy atom. The molecule has 0 fully saturated rings. The third-order valence-corrected chi connectivity index (χ3v) is 3.08. The number of hydrogen-bond donors (Lipinski definition) is 1. The molecule has 2 N–H and O–H groups in total. The molecule has 0 aliphatic rings. The molecule has 0 heterocycles. The Bertz CT molecular complexity index is 211. The fourth-order valence-electron chi connectivity index (χ4n) is 0.652. The summed E-state index contributed by atoms with van der Waals surface area (Å²) in [6.07, 6.45) is 0. The first-order valence-electron chi connectivity index (χ1n) is 3.52. The van der Waals surface area contributed by atoms with Crippen molar-refractivity contribution in [3.8, 4) is 0 Å². The molecule has 68 valence electrons. The van der Waals surface area contributed by atoms with E-state index in [2.05, 4.69) is 0 Å². The van der Waals surface area contributed by atoms with Gasteiger partial charge < -0.3 is 0 Å². The standard InChI is InChI=1S/C6H16N2O2S/c1-5(2)6(3)8(4)11(7,9)10/h5-6H,1-4H3,(H2,7,9,10). The zero-order valence-electron chi connectivity index (χ0n) is 7.40. The lowest BCUT2D eigenvalue weighted by Crippen LogP contribution is -2.42. The molecule has 4 nitrogen and oxygen atoms in total. The highest BCUT2D eigenvalue weighted by Gasteiger charge is 2.20. The Morgan fingerprint density at radius 3 is 1.73 bits per heavy atom. The van der Waals surface area contributed by atoms with E-state index in [9.17, 15) is 8.42 Å². The summed E-state index contributed by atoms with van der Waals surface area (Å²) in [5.74, 6) is 0.276. The minimum absolute atomic E-state index is 0.0509. The van der Waals surface area contributed by atoms with Gasteiger partial charge in [-0.1, -0.05) is 13.8 Å². The van der Waals surface area contributed by atoms with Crippen LogP contribution in [0.4, 0.5) is 0 Å². The lowest BCUT2D eigenvalue weighted by molar-refractivity contribution is 0.316. The van der Waals surface area contributed by atoms with Gasteiger partial charge in [0.05, 0.1) is 0 Å². The van der Waals surface area contributed by atoms with Crippen LogP contribution in [0.5, 0.6) is 0 Å². The quantitative estimate of drug-likeness (QED) is 0.672. The van der Waals surface area contributed by atoms with Crippen LogP contribution >= 0.6 is 0 Å². The molecular formula is C6H16N2O2S.